The molecule has 0 aliphatic carbocycles. The lowest BCUT2D eigenvalue weighted by atomic mass is 10.1. The smallest absolute Gasteiger partial charge is 0.414 e. The van der Waals surface area contributed by atoms with Gasteiger partial charge in [-0.2, -0.15) is 5.10 Å². The highest BCUT2D eigenvalue weighted by Gasteiger charge is 2.27. The Bertz CT molecular complexity index is 1710. The molecule has 0 saturated heterocycles. The highest BCUT2D eigenvalue weighted by Crippen LogP contribution is 2.33. The van der Waals surface area contributed by atoms with Gasteiger partial charge in [-0.1, -0.05) is 36.4 Å². The number of ether oxygens (including phenoxy) is 1. The van der Waals surface area contributed by atoms with Gasteiger partial charge in [-0.05, 0) is 36.8 Å². The standard InChI is InChI=1S/C27H24F2N8O2.CH2O2/c1-2-39-27(38)36(15-17-9-4-6-11-19(17)29)23-24(30)34-26(35-25(23)31)22-20-12-7-13-32-37(20)21(33-22)14-16-8-3-5-10-18(16)28;2-1-3/h3-13H,2,14-15H2,1H3,(H4,30,31,34,35);1H,(H,2,3). The Morgan fingerprint density at radius 3 is 2.17 bits per heavy atom. The Balaban J connectivity index is 0.00000129. The molecule has 2 aromatic carbocycles. The number of nitrogens with zero attached hydrogens (tertiary/aromatic N) is 6. The number of rotatable bonds is 7. The first-order chi connectivity index (χ1) is 20.3. The zero-order valence-corrected chi connectivity index (χ0v) is 22.3. The summed E-state index contributed by atoms with van der Waals surface area (Å²) >= 11 is 0. The lowest BCUT2D eigenvalue weighted by molar-refractivity contribution is -0.122. The first kappa shape index (κ1) is 29.3. The zero-order chi connectivity index (χ0) is 30.2. The van der Waals surface area contributed by atoms with Crippen molar-refractivity contribution in [3.63, 3.8) is 0 Å². The van der Waals surface area contributed by atoms with Gasteiger partial charge in [-0.3, -0.25) is 9.69 Å². The zero-order valence-electron chi connectivity index (χ0n) is 22.3. The summed E-state index contributed by atoms with van der Waals surface area (Å²) in [6.45, 7) is 1.25. The van der Waals surface area contributed by atoms with Gasteiger partial charge in [0.25, 0.3) is 6.47 Å². The van der Waals surface area contributed by atoms with Crippen molar-refractivity contribution in [3.05, 3.63) is 95.4 Å². The number of hydrogen-bond acceptors (Lipinski definition) is 9. The number of benzene rings is 2. The number of carbonyl (C=O) groups excluding carboxylic acids is 1. The Morgan fingerprint density at radius 2 is 1.57 bits per heavy atom. The number of aromatic nitrogens is 5. The molecule has 0 saturated carbocycles. The Labute approximate surface area is 238 Å². The number of anilines is 3. The van der Waals surface area contributed by atoms with E-state index in [0.717, 1.165) is 4.90 Å². The van der Waals surface area contributed by atoms with Crippen molar-refractivity contribution in [3.8, 4) is 11.5 Å². The van der Waals surface area contributed by atoms with Gasteiger partial charge in [-0.15, -0.1) is 0 Å². The maximum absolute atomic E-state index is 14.4. The van der Waals surface area contributed by atoms with E-state index in [0.29, 0.717) is 22.6 Å². The number of imidazole rings is 1. The van der Waals surface area contributed by atoms with Crippen LogP contribution in [0.4, 0.5) is 30.9 Å². The molecule has 5 N–H and O–H groups in total. The number of nitrogen functional groups attached to an aromatic ring is 2. The summed E-state index contributed by atoms with van der Waals surface area (Å²) in [4.78, 5) is 35.7. The maximum Gasteiger partial charge on any atom is 0.414 e. The second kappa shape index (κ2) is 13.1. The number of carbonyl (C=O) groups is 2. The largest absolute Gasteiger partial charge is 0.483 e. The number of carboxylic acid groups (broad SMARTS) is 1. The van der Waals surface area contributed by atoms with E-state index in [1.54, 1.807) is 60.1 Å². The van der Waals surface area contributed by atoms with Gasteiger partial charge >= 0.3 is 6.09 Å². The van der Waals surface area contributed by atoms with Crippen LogP contribution >= 0.6 is 0 Å². The van der Waals surface area contributed by atoms with Gasteiger partial charge < -0.3 is 21.3 Å². The van der Waals surface area contributed by atoms with E-state index in [9.17, 15) is 13.6 Å². The minimum absolute atomic E-state index is 0.0197. The summed E-state index contributed by atoms with van der Waals surface area (Å²) in [7, 11) is 0. The average Bonchev–Trinajstić information content (AvgIpc) is 3.33. The molecular weight excluding hydrogens is 550 g/mol. The molecule has 42 heavy (non-hydrogen) atoms. The van der Waals surface area contributed by atoms with Gasteiger partial charge in [0.15, 0.2) is 17.5 Å². The number of nitrogens with two attached hydrogens (primary N) is 2. The molecule has 0 bridgehead atoms. The minimum Gasteiger partial charge on any atom is -0.483 e. The van der Waals surface area contributed by atoms with E-state index in [1.807, 2.05) is 0 Å². The second-order valence-electron chi connectivity index (χ2n) is 8.61. The first-order valence-corrected chi connectivity index (χ1v) is 12.5. The third-order valence-corrected chi connectivity index (χ3v) is 5.98. The van der Waals surface area contributed by atoms with Crippen LogP contribution in [0.5, 0.6) is 0 Å². The van der Waals surface area contributed by atoms with Crippen molar-refractivity contribution >= 4 is 35.4 Å². The van der Waals surface area contributed by atoms with Crippen LogP contribution in [0.2, 0.25) is 0 Å². The quantitative estimate of drug-likeness (QED) is 0.239. The van der Waals surface area contributed by atoms with Crippen LogP contribution in [-0.4, -0.2) is 48.8 Å². The van der Waals surface area contributed by atoms with E-state index in [4.69, 9.17) is 26.1 Å². The Hall–Kier alpha value is -5.66. The molecule has 0 aliphatic heterocycles. The van der Waals surface area contributed by atoms with E-state index < -0.39 is 11.9 Å². The summed E-state index contributed by atoms with van der Waals surface area (Å²) in [6, 6.07) is 15.9. The fourth-order valence-corrected chi connectivity index (χ4v) is 4.19. The summed E-state index contributed by atoms with van der Waals surface area (Å²) in [5, 5.41) is 11.2. The molecule has 14 heteroatoms. The van der Waals surface area contributed by atoms with Crippen molar-refractivity contribution in [1.29, 1.82) is 0 Å². The van der Waals surface area contributed by atoms with Gasteiger partial charge in [0.2, 0.25) is 0 Å². The molecule has 0 aliphatic rings. The molecule has 216 valence electrons. The predicted octanol–water partition coefficient (Wildman–Crippen LogP) is 4.08. The third-order valence-electron chi connectivity index (χ3n) is 5.98. The topological polar surface area (TPSA) is 175 Å². The summed E-state index contributed by atoms with van der Waals surface area (Å²) in [5.74, 6) is -0.627. The SMILES string of the molecule is CCOC(=O)N(Cc1ccccc1F)c1c(N)nc(-c2nc(Cc3ccccc3F)n3ncccc23)nc1N.O=CO. The molecule has 0 unspecified atom stereocenters. The van der Waals surface area contributed by atoms with E-state index in [2.05, 4.69) is 20.1 Å². The van der Waals surface area contributed by atoms with Crippen molar-refractivity contribution in [1.82, 2.24) is 24.6 Å². The highest BCUT2D eigenvalue weighted by atomic mass is 19.1. The summed E-state index contributed by atoms with van der Waals surface area (Å²) in [5.41, 5.74) is 14.1. The second-order valence-corrected chi connectivity index (χ2v) is 8.61. The van der Waals surface area contributed by atoms with Crippen LogP contribution < -0.4 is 16.4 Å². The lowest BCUT2D eigenvalue weighted by Crippen LogP contribution is -2.33. The average molecular weight is 577 g/mol. The maximum atomic E-state index is 14.4. The lowest BCUT2D eigenvalue weighted by Gasteiger charge is -2.24. The molecule has 3 aromatic heterocycles. The van der Waals surface area contributed by atoms with Crippen LogP contribution in [0.25, 0.3) is 17.0 Å². The van der Waals surface area contributed by atoms with Crippen LogP contribution in [0.3, 0.4) is 0 Å². The van der Waals surface area contributed by atoms with Gasteiger partial charge in [0, 0.05) is 18.2 Å². The normalized spacial score (nSPS) is 10.5. The molecule has 0 atom stereocenters. The number of halogens is 2. The van der Waals surface area contributed by atoms with Crippen LogP contribution in [0.1, 0.15) is 23.9 Å². The van der Waals surface area contributed by atoms with Gasteiger partial charge in [0.05, 0.1) is 18.7 Å². The molecule has 0 spiro atoms. The Kier molecular flexibility index (Phi) is 9.17. The fraction of sp³-hybridized carbons (Fsp3) is 0.143. The van der Waals surface area contributed by atoms with Crippen LogP contribution in [-0.2, 0) is 22.5 Å². The minimum atomic E-state index is -0.792. The molecule has 0 fully saturated rings. The molecular formula is C28H26F2N8O4. The molecule has 5 aromatic rings. The van der Waals surface area contributed by atoms with Crippen molar-refractivity contribution in [2.75, 3.05) is 23.0 Å². The first-order valence-electron chi connectivity index (χ1n) is 12.5. The predicted molar refractivity (Wildman–Crippen MR) is 150 cm³/mol. The van der Waals surface area contributed by atoms with Crippen molar-refractivity contribution in [2.45, 2.75) is 19.9 Å². The van der Waals surface area contributed by atoms with E-state index in [-0.39, 0.29) is 60.6 Å². The van der Waals surface area contributed by atoms with Crippen LogP contribution in [0, 0.1) is 11.6 Å². The number of amides is 1. The fourth-order valence-electron chi connectivity index (χ4n) is 4.19. The molecule has 1 amide bonds. The third kappa shape index (κ3) is 6.22. The van der Waals surface area contributed by atoms with Gasteiger partial charge in [-0.25, -0.2) is 33.0 Å². The van der Waals surface area contributed by atoms with E-state index in [1.165, 1.54) is 18.2 Å². The number of fused-ring (bicyclic) bond motifs is 1. The van der Waals surface area contributed by atoms with Crippen molar-refractivity contribution < 1.29 is 28.2 Å². The van der Waals surface area contributed by atoms with E-state index >= 15 is 0 Å². The van der Waals surface area contributed by atoms with Crippen LogP contribution in [0.15, 0.2) is 66.9 Å². The van der Waals surface area contributed by atoms with Gasteiger partial charge in [0.1, 0.15) is 28.8 Å². The molecule has 3 heterocycles. The molecule has 0 radical (unpaired) electrons. The molecule has 12 nitrogen and oxygen atoms in total. The Morgan fingerprint density at radius 1 is 0.976 bits per heavy atom. The van der Waals surface area contributed by atoms with Crippen molar-refractivity contribution in [2.24, 2.45) is 0 Å². The monoisotopic (exact) mass is 576 g/mol. The summed E-state index contributed by atoms with van der Waals surface area (Å²) < 4.78 is 35.5. The summed E-state index contributed by atoms with van der Waals surface area (Å²) in [6.07, 6.45) is 0.947. The molecule has 5 rings (SSSR count). The highest BCUT2D eigenvalue weighted by molar-refractivity contribution is 5.95. The number of hydrogen-bond donors (Lipinski definition) is 3.